The standard InChI is InChI=1S/C44H27NOS.2C42H25NOS/c1-3-13-28(14-4-1)32-20-11-22-37-41-34(21-12-24-39(41)46-43(32)37)33-18-8-7-17-31(33)29-25-26-36-40(27-29)47-44-35-19-9-10-23-38(35)45(42(36)44)30-15-5-2-6-16-30;1-2-12-28(13-3-1)43-36-19-9-8-17-33(36)42-40(43)34-23-22-27(25-38(34)45-42)29-14-6-7-16-31(29)32-18-10-20-37-39(32)35-24-21-26-11-4-5-15-30(26)41(35)44-37;1-2-12-30(13-3-1)43-37-17-9-8-16-34(37)42-41(43)36-23-28(19-21-40(36)45-42)31-14-6-7-15-32(31)29-18-20-33-35-22-26-10-4-5-11-27(26)24-39(35)44-38(33)25-29/h1-27H;2*1-25H. The maximum absolute atomic E-state index is 6.61. The summed E-state index contributed by atoms with van der Waals surface area (Å²) in [6.45, 7) is 0. The van der Waals surface area contributed by atoms with E-state index in [1.54, 1.807) is 0 Å². The summed E-state index contributed by atoms with van der Waals surface area (Å²) in [4.78, 5) is 0. The molecule has 0 aliphatic rings. The summed E-state index contributed by atoms with van der Waals surface area (Å²) in [6.07, 6.45) is 0. The van der Waals surface area contributed by atoms with Gasteiger partial charge in [0.05, 0.1) is 47.2 Å². The first-order valence-corrected chi connectivity index (χ1v) is 48.9. The molecule has 9 heteroatoms. The molecule has 0 saturated heterocycles. The van der Waals surface area contributed by atoms with Gasteiger partial charge in [0.2, 0.25) is 0 Å². The summed E-state index contributed by atoms with van der Waals surface area (Å²) < 4.78 is 34.7. The molecule has 640 valence electrons. The minimum Gasteiger partial charge on any atom is -0.456 e. The van der Waals surface area contributed by atoms with Crippen molar-refractivity contribution in [2.24, 2.45) is 0 Å². The van der Waals surface area contributed by atoms with E-state index in [2.05, 4.69) is 481 Å². The summed E-state index contributed by atoms with van der Waals surface area (Å²) >= 11 is 5.66. The van der Waals surface area contributed by atoms with Crippen molar-refractivity contribution in [1.82, 2.24) is 13.7 Å². The highest BCUT2D eigenvalue weighted by Gasteiger charge is 2.27. The second-order valence-corrected chi connectivity index (χ2v) is 38.6. The molecule has 0 bridgehead atoms. The quantitative estimate of drug-likeness (QED) is 0.137. The Balaban J connectivity index is 0.000000102. The molecule has 0 amide bonds. The van der Waals surface area contributed by atoms with E-state index in [4.69, 9.17) is 13.3 Å². The number of rotatable bonds is 10. The van der Waals surface area contributed by atoms with Crippen molar-refractivity contribution in [2.75, 3.05) is 0 Å². The molecular weight excluding hydrogens is 1720 g/mol. The molecule has 0 radical (unpaired) electrons. The number of para-hydroxylation sites is 7. The van der Waals surface area contributed by atoms with Crippen LogP contribution in [-0.4, -0.2) is 13.7 Å². The number of furan rings is 3. The molecule has 0 aliphatic carbocycles. The van der Waals surface area contributed by atoms with E-state index in [9.17, 15) is 0 Å². The lowest BCUT2D eigenvalue weighted by Gasteiger charge is -2.12. The van der Waals surface area contributed by atoms with Crippen molar-refractivity contribution < 1.29 is 13.3 Å². The zero-order valence-corrected chi connectivity index (χ0v) is 76.2. The highest BCUT2D eigenvalue weighted by Crippen LogP contribution is 2.52. The van der Waals surface area contributed by atoms with Crippen molar-refractivity contribution in [3.8, 4) is 95.0 Å². The highest BCUT2D eigenvalue weighted by atomic mass is 32.1. The molecular formula is C128H77N3O3S3. The van der Waals surface area contributed by atoms with Crippen LogP contribution in [0.4, 0.5) is 0 Å². The molecule has 0 atom stereocenters. The van der Waals surface area contributed by atoms with E-state index in [1.165, 1.54) is 188 Å². The minimum absolute atomic E-state index is 0.903. The third kappa shape index (κ3) is 12.7. The third-order valence-corrected chi connectivity index (χ3v) is 31.4. The lowest BCUT2D eigenvalue weighted by Crippen LogP contribution is -1.93. The zero-order chi connectivity index (χ0) is 89.9. The Bertz CT molecular complexity index is 10100. The second-order valence-electron chi connectivity index (χ2n) is 35.5. The van der Waals surface area contributed by atoms with Crippen LogP contribution in [0.3, 0.4) is 0 Å². The number of nitrogens with zero attached hydrogens (tertiary/aromatic N) is 3. The van der Waals surface area contributed by atoms with Crippen LogP contribution in [0.15, 0.2) is 480 Å². The molecule has 0 unspecified atom stereocenters. The summed E-state index contributed by atoms with van der Waals surface area (Å²) in [5, 5.41) is 19.4. The molecule has 0 saturated carbocycles. The Kier molecular flexibility index (Phi) is 18.2. The predicted molar refractivity (Wildman–Crippen MR) is 583 cm³/mol. The molecule has 0 N–H and O–H groups in total. The first kappa shape index (κ1) is 78.5. The van der Waals surface area contributed by atoms with E-state index in [0.717, 1.165) is 87.9 Å². The zero-order valence-electron chi connectivity index (χ0n) is 73.7. The normalized spacial score (nSPS) is 11.9. The summed E-state index contributed by atoms with van der Waals surface area (Å²) in [6, 6.07) is 168. The van der Waals surface area contributed by atoms with Crippen molar-refractivity contribution >= 4 is 215 Å². The average molecular weight is 1800 g/mol. The van der Waals surface area contributed by atoms with Gasteiger partial charge in [-0.2, -0.15) is 0 Å². The van der Waals surface area contributed by atoms with E-state index < -0.39 is 0 Å². The van der Waals surface area contributed by atoms with Crippen LogP contribution in [0.5, 0.6) is 0 Å². The van der Waals surface area contributed by atoms with Gasteiger partial charge in [0, 0.05) is 107 Å². The van der Waals surface area contributed by atoms with Gasteiger partial charge >= 0.3 is 0 Å². The van der Waals surface area contributed by atoms with Crippen LogP contribution >= 0.6 is 34.0 Å². The summed E-state index contributed by atoms with van der Waals surface area (Å²) in [5.74, 6) is 0. The maximum atomic E-state index is 6.61. The SMILES string of the molecule is c1ccc(-c2cccc3c2oc2cccc(-c4ccccc4-c4ccc5c(c4)sc4c6ccccc6n(-c6ccccc6)c54)c23)cc1.c1ccc(-n2c3ccccc3c3sc4cc(-c5ccccc5-c5cccc6oc7c8ccccc8ccc7c56)ccc4c32)cc1.c1ccc(-n2c3ccccc3c3sc4ccc(-c5ccccc5-c5ccc6c(c5)oc5cc7ccccc7cc56)cc4c32)cc1. The van der Waals surface area contributed by atoms with E-state index >= 15 is 0 Å². The molecule has 0 aliphatic heterocycles. The smallest absolute Gasteiger partial charge is 0.143 e. The number of benzene rings is 21. The van der Waals surface area contributed by atoms with Gasteiger partial charge in [-0.05, 0) is 210 Å². The molecule has 9 heterocycles. The topological polar surface area (TPSA) is 54.2 Å². The molecule has 0 fully saturated rings. The van der Waals surface area contributed by atoms with Crippen LogP contribution in [0.2, 0.25) is 0 Å². The number of thiophene rings is 3. The van der Waals surface area contributed by atoms with Gasteiger partial charge in [0.25, 0.3) is 0 Å². The van der Waals surface area contributed by atoms with Crippen molar-refractivity contribution in [3.63, 3.8) is 0 Å². The van der Waals surface area contributed by atoms with Crippen LogP contribution in [0.1, 0.15) is 0 Å². The fraction of sp³-hybridized carbons (Fsp3) is 0. The molecule has 9 aromatic heterocycles. The third-order valence-electron chi connectivity index (χ3n) is 27.8. The Morgan fingerprint density at radius 3 is 1.06 bits per heavy atom. The van der Waals surface area contributed by atoms with Gasteiger partial charge in [-0.1, -0.05) is 346 Å². The highest BCUT2D eigenvalue weighted by molar-refractivity contribution is 7.27. The fourth-order valence-corrected chi connectivity index (χ4v) is 25.4. The van der Waals surface area contributed by atoms with Crippen LogP contribution < -0.4 is 0 Å². The molecule has 0 spiro atoms. The monoisotopic (exact) mass is 1800 g/mol. The van der Waals surface area contributed by atoms with Crippen molar-refractivity contribution in [2.45, 2.75) is 0 Å². The average Bonchev–Trinajstić information content (AvgIpc) is 1.55. The van der Waals surface area contributed by atoms with E-state index in [0.29, 0.717) is 0 Å². The predicted octanol–water partition coefficient (Wildman–Crippen LogP) is 37.7. The Morgan fingerprint density at radius 1 is 0.168 bits per heavy atom. The van der Waals surface area contributed by atoms with Crippen molar-refractivity contribution in [3.05, 3.63) is 467 Å². The molecule has 30 rings (SSSR count). The van der Waals surface area contributed by atoms with E-state index in [-0.39, 0.29) is 0 Å². The first-order valence-electron chi connectivity index (χ1n) is 46.5. The fourth-order valence-electron chi connectivity index (χ4n) is 21.7. The van der Waals surface area contributed by atoms with E-state index in [1.807, 2.05) is 34.0 Å². The van der Waals surface area contributed by atoms with Gasteiger partial charge in [-0.25, -0.2) is 0 Å². The lowest BCUT2D eigenvalue weighted by atomic mass is 9.91. The summed E-state index contributed by atoms with van der Waals surface area (Å²) in [7, 11) is 0. The van der Waals surface area contributed by atoms with Gasteiger partial charge < -0.3 is 27.0 Å². The van der Waals surface area contributed by atoms with Gasteiger partial charge in [0.15, 0.2) is 0 Å². The molecule has 6 nitrogen and oxygen atoms in total. The van der Waals surface area contributed by atoms with Crippen molar-refractivity contribution in [1.29, 1.82) is 0 Å². The molecule has 137 heavy (non-hydrogen) atoms. The maximum Gasteiger partial charge on any atom is 0.143 e. The second kappa shape index (κ2) is 31.8. The number of fused-ring (bicyclic) bond motifs is 27. The number of aromatic nitrogens is 3. The molecule has 30 aromatic rings. The Hall–Kier alpha value is -17.2. The number of hydrogen-bond donors (Lipinski definition) is 0. The van der Waals surface area contributed by atoms with Crippen LogP contribution in [0.25, 0.3) is 276 Å². The largest absolute Gasteiger partial charge is 0.456 e. The Labute approximate surface area is 797 Å². The summed E-state index contributed by atoms with van der Waals surface area (Å²) in [5.41, 5.74) is 33.3. The molecule has 21 aromatic carbocycles. The minimum atomic E-state index is 0.903. The Morgan fingerprint density at radius 2 is 0.526 bits per heavy atom. The van der Waals surface area contributed by atoms with Gasteiger partial charge in [-0.3, -0.25) is 0 Å². The van der Waals surface area contributed by atoms with Gasteiger partial charge in [0.1, 0.15) is 33.5 Å². The van der Waals surface area contributed by atoms with Gasteiger partial charge in [-0.15, -0.1) is 34.0 Å². The first-order chi connectivity index (χ1) is 68.0. The van der Waals surface area contributed by atoms with Crippen LogP contribution in [-0.2, 0) is 0 Å². The number of hydrogen-bond acceptors (Lipinski definition) is 6. The van der Waals surface area contributed by atoms with Crippen LogP contribution in [0, 0.1) is 0 Å². The lowest BCUT2D eigenvalue weighted by molar-refractivity contribution is 0.669.